The van der Waals surface area contributed by atoms with Crippen molar-refractivity contribution in [1.82, 2.24) is 118 Å². The van der Waals surface area contributed by atoms with Crippen molar-refractivity contribution in [3.05, 3.63) is 221 Å². The summed E-state index contributed by atoms with van der Waals surface area (Å²) < 4.78 is 60.7. The van der Waals surface area contributed by atoms with Gasteiger partial charge in [-0.25, -0.2) is 56.7 Å². The number of benzene rings is 4. The van der Waals surface area contributed by atoms with E-state index in [0.717, 1.165) is 174 Å². The predicted molar refractivity (Wildman–Crippen MR) is 503 cm³/mol. The lowest BCUT2D eigenvalue weighted by Crippen LogP contribution is -2.79. The van der Waals surface area contributed by atoms with Gasteiger partial charge in [-0.2, -0.15) is 40.8 Å². The molecule has 0 unspecified atom stereocenters. The molecule has 4 aromatic carbocycles. The highest BCUT2D eigenvalue weighted by atomic mass is 32.2. The number of hydrogen-bond acceptors (Lipinski definition) is 27. The second kappa shape index (κ2) is 35.4. The van der Waals surface area contributed by atoms with Gasteiger partial charge in [0.2, 0.25) is 0 Å². The van der Waals surface area contributed by atoms with Crippen molar-refractivity contribution in [1.29, 1.82) is 0 Å². The zero-order valence-electron chi connectivity index (χ0n) is 74.4. The molecule has 8 N–H and O–H groups in total. The van der Waals surface area contributed by atoms with E-state index in [-0.39, 0.29) is 39.6 Å². The molecular weight excluding hydrogens is 1700 g/mol. The maximum absolute atomic E-state index is 11.8. The fourth-order valence-corrected chi connectivity index (χ4v) is 20.7. The van der Waals surface area contributed by atoms with E-state index in [0.29, 0.717) is 54.3 Å². The average molecular weight is 1800 g/mol. The third-order valence-corrected chi connectivity index (χ3v) is 26.7. The van der Waals surface area contributed by atoms with Crippen molar-refractivity contribution >= 4 is 42.9 Å². The Morgan fingerprint density at radius 1 is 0.374 bits per heavy atom. The molecule has 7 fully saturated rings. The molecular formula is C94H103N29O6S2. The molecule has 7 saturated carbocycles. The minimum atomic E-state index is -3.01. The summed E-state index contributed by atoms with van der Waals surface area (Å²) in [6, 6.07) is 32.1. The Balaban J connectivity index is 0.000000117. The van der Waals surface area contributed by atoms with E-state index in [4.69, 9.17) is 35.6 Å². The van der Waals surface area contributed by atoms with Gasteiger partial charge in [-0.1, -0.05) is 72.8 Å². The van der Waals surface area contributed by atoms with Crippen LogP contribution in [-0.2, 0) is 76.1 Å². The lowest BCUT2D eigenvalue weighted by molar-refractivity contribution is -0.0966. The number of aliphatic hydroxyl groups is 2. The largest absolute Gasteiger partial charge is 0.390 e. The van der Waals surface area contributed by atoms with Crippen LogP contribution in [0.3, 0.4) is 0 Å². The Kier molecular flexibility index (Phi) is 23.6. The molecule has 3 atom stereocenters. The van der Waals surface area contributed by atoms with E-state index in [2.05, 4.69) is 90.2 Å². The van der Waals surface area contributed by atoms with Crippen LogP contribution in [0.25, 0.3) is 135 Å². The zero-order valence-corrected chi connectivity index (χ0v) is 76.0. The fourth-order valence-electron chi connectivity index (χ4n) is 18.6. The number of hydrogen-bond donors (Lipinski definition) is 7. The van der Waals surface area contributed by atoms with Gasteiger partial charge in [-0.15, -0.1) is 0 Å². The summed E-state index contributed by atoms with van der Waals surface area (Å²) in [5.41, 5.74) is 25.3. The number of nitrogens with two attached hydrogens (primary N) is 1. The van der Waals surface area contributed by atoms with Gasteiger partial charge >= 0.3 is 0 Å². The maximum atomic E-state index is 11.8. The Morgan fingerprint density at radius 3 is 0.985 bits per heavy atom. The van der Waals surface area contributed by atoms with Crippen LogP contribution in [0, 0.1) is 5.41 Å². The highest BCUT2D eigenvalue weighted by molar-refractivity contribution is 7.90. The molecule has 672 valence electrons. The molecule has 37 heteroatoms. The topological polar surface area (TPSA) is 429 Å². The third-order valence-electron chi connectivity index (χ3n) is 24.5. The molecule has 0 radical (unpaired) electrons. The summed E-state index contributed by atoms with van der Waals surface area (Å²) in [4.78, 5) is 38.2. The summed E-state index contributed by atoms with van der Waals surface area (Å²) in [5.74, 6) is 5.69. The van der Waals surface area contributed by atoms with E-state index < -0.39 is 31.9 Å². The lowest BCUT2D eigenvalue weighted by atomic mass is 9.40. The van der Waals surface area contributed by atoms with E-state index in [1.54, 1.807) is 68.4 Å². The van der Waals surface area contributed by atoms with E-state index in [9.17, 15) is 27.0 Å². The van der Waals surface area contributed by atoms with Gasteiger partial charge in [0.15, 0.2) is 23.3 Å². The van der Waals surface area contributed by atoms with Crippen LogP contribution < -0.4 is 27.0 Å². The normalized spacial score (nSPS) is 19.8. The van der Waals surface area contributed by atoms with Crippen molar-refractivity contribution in [3.63, 3.8) is 0 Å². The molecule has 12 aromatic heterocycles. The highest BCUT2D eigenvalue weighted by Crippen LogP contribution is 2.69. The molecule has 12 heterocycles. The summed E-state index contributed by atoms with van der Waals surface area (Å²) in [7, 11) is 9.09. The lowest BCUT2D eigenvalue weighted by Gasteiger charge is -2.70. The second-order valence-corrected chi connectivity index (χ2v) is 40.2. The number of aryl methyl sites for hydroxylation is 8. The third kappa shape index (κ3) is 19.7. The molecule has 7 aliphatic rings. The van der Waals surface area contributed by atoms with Crippen molar-refractivity contribution in [2.24, 2.45) is 67.5 Å². The summed E-state index contributed by atoms with van der Waals surface area (Å²) in [5, 5.41) is 68.9. The highest BCUT2D eigenvalue weighted by Gasteiger charge is 2.69. The Hall–Kier alpha value is -14.1. The number of nitrogens with one attached hydrogen (secondary N) is 4. The van der Waals surface area contributed by atoms with Crippen molar-refractivity contribution in [2.45, 2.75) is 99.1 Å². The first kappa shape index (κ1) is 87.5. The molecule has 131 heavy (non-hydrogen) atoms. The molecule has 0 saturated heterocycles. The van der Waals surface area contributed by atoms with Gasteiger partial charge in [-0.3, -0.25) is 37.5 Å². The van der Waals surface area contributed by atoms with Crippen LogP contribution in [0.5, 0.6) is 0 Å². The first-order chi connectivity index (χ1) is 62.8. The van der Waals surface area contributed by atoms with Gasteiger partial charge in [-0.05, 0) is 116 Å². The Bertz CT molecular complexity index is 7100. The summed E-state index contributed by atoms with van der Waals surface area (Å²) in [6.07, 6.45) is 46.6. The molecule has 0 amide bonds. The van der Waals surface area contributed by atoms with Crippen LogP contribution in [0.4, 0.5) is 23.3 Å². The van der Waals surface area contributed by atoms with Crippen LogP contribution in [-0.4, -0.2) is 211 Å². The first-order valence-corrected chi connectivity index (χ1v) is 47.3. The number of aliphatic hydroxyl groups excluding tert-OH is 2. The minimum absolute atomic E-state index is 0.0232. The van der Waals surface area contributed by atoms with E-state index in [1.807, 2.05) is 228 Å². The zero-order chi connectivity index (χ0) is 91.3. The van der Waals surface area contributed by atoms with Crippen LogP contribution in [0.2, 0.25) is 0 Å². The molecule has 16 aromatic rings. The summed E-state index contributed by atoms with van der Waals surface area (Å²) >= 11 is 0. The number of rotatable bonds is 25. The number of anilines is 4. The summed E-state index contributed by atoms with van der Waals surface area (Å²) in [6.45, 7) is 0.479. The fraction of sp³-hybridized carbons (Fsp3) is 0.319. The van der Waals surface area contributed by atoms with Crippen molar-refractivity contribution in [3.8, 4) is 135 Å². The molecule has 23 rings (SSSR count). The molecule has 4 bridgehead atoms. The standard InChI is InChI=1S/C25H27N7O2S.C24H27N7O2.C23H24N8.C22H25N7O2S/c1-31-11-19(8-27-31)17-5-4-6-18(7-17)22-26-10-21(20-9-28-32(2)12-20)23(29-22)30-25-13-24(14-25,15-25)16-35(3,33)34;1-30-13-17(10-26-30)15-5-3-6-16(9-15)23-25-12-19(18-11-27-31(2)14-18)24(29-23)28-20-7-4-8-21(32)22(20)33;1-30-10-17(7-26-30)15-4-3-5-16(6-15)20-25-9-19(18-8-27-31(2)11-18)21(28-20)29-23-12-22(24,13-23)14-23;1-28-14-18(11-25-28)16-6-4-7-17(10-16)21-24-13-20(19-12-26-29(2)15-19)22(27-21)23-8-5-9-32(3,30)31/h4-12H,13-16H2,1-3H3,(H,26,29,30);3,5-6,9-14,20-22,32-33H,4,7-8H2,1-2H3,(H,25,28,29);3-11H,12-14,24H2,1-2H3,(H,25,28,29);4,6-7,10-15H,5,8-9H2,1-3H3,(H,23,24,27)/t;20-,21+,22-;;/m.0../s1. The van der Waals surface area contributed by atoms with Crippen LogP contribution in [0.1, 0.15) is 64.2 Å². The molecule has 35 nitrogen and oxygen atoms in total. The molecule has 0 aliphatic heterocycles. The maximum Gasteiger partial charge on any atom is 0.161 e. The smallest absolute Gasteiger partial charge is 0.161 e. The Labute approximate surface area is 757 Å². The van der Waals surface area contributed by atoms with Gasteiger partial charge in [0.1, 0.15) is 42.9 Å². The number of nitrogens with zero attached hydrogens (tertiary/aromatic N) is 24. The SMILES string of the molecule is Cn1cc(-c2cccc(-c3ncc(-c4cnn(C)c4)c(NC45CC(CS(C)(=O)=O)(C4)C5)n3)c2)cn1.Cn1cc(-c2cccc(-c3ncc(-c4cnn(C)c4)c(NC45CC(N)(C4)C5)n3)c2)cn1.Cn1cc(-c2cccc(-c3ncc(-c4cnn(C)c4)c(NCCCS(C)(=O)=O)n3)c2)cn1.Cn1cc(-c2cccc(-c3ncc(-c4cnn(C)c4)c(N[C@H]4CCC[C@@H](O)[C@H]4O)n3)c2)cn1. The monoisotopic (exact) mass is 1800 g/mol. The van der Waals surface area contributed by atoms with E-state index >= 15 is 0 Å². The number of sulfone groups is 2. The number of aromatic nitrogens is 24. The van der Waals surface area contributed by atoms with Crippen LogP contribution >= 0.6 is 0 Å². The van der Waals surface area contributed by atoms with E-state index in [1.165, 1.54) is 12.5 Å². The quantitative estimate of drug-likeness (QED) is 0.0261. The molecule has 7 aliphatic carbocycles. The van der Waals surface area contributed by atoms with Crippen LogP contribution in [0.15, 0.2) is 221 Å². The second-order valence-electron chi connectivity index (χ2n) is 35.8. The Morgan fingerprint density at radius 2 is 0.672 bits per heavy atom. The van der Waals surface area contributed by atoms with Crippen molar-refractivity contribution in [2.75, 3.05) is 51.8 Å². The van der Waals surface area contributed by atoms with Gasteiger partial charge < -0.3 is 37.2 Å². The van der Waals surface area contributed by atoms with Gasteiger partial charge in [0, 0.05) is 255 Å². The predicted octanol–water partition coefficient (Wildman–Crippen LogP) is 11.7. The van der Waals surface area contributed by atoms with Crippen molar-refractivity contribution < 1.29 is 27.0 Å². The van der Waals surface area contributed by atoms with Gasteiger partial charge in [0.25, 0.3) is 0 Å². The minimum Gasteiger partial charge on any atom is -0.390 e. The van der Waals surface area contributed by atoms with Gasteiger partial charge in [0.05, 0.1) is 79.3 Å². The average Bonchev–Trinajstić information content (AvgIpc) is 1.68. The molecule has 0 spiro atoms. The first-order valence-electron chi connectivity index (χ1n) is 43.2.